The third-order valence-electron chi connectivity index (χ3n) is 3.69. The van der Waals surface area contributed by atoms with Crippen LogP contribution in [-0.2, 0) is 14.3 Å². The summed E-state index contributed by atoms with van der Waals surface area (Å²) < 4.78 is 5.26. The van der Waals surface area contributed by atoms with Gasteiger partial charge in [-0.05, 0) is 25.1 Å². The van der Waals surface area contributed by atoms with Crippen LogP contribution in [0.25, 0.3) is 0 Å². The zero-order chi connectivity index (χ0) is 17.4. The van der Waals surface area contributed by atoms with Gasteiger partial charge in [-0.2, -0.15) is 0 Å². The van der Waals surface area contributed by atoms with Gasteiger partial charge in [0.25, 0.3) is 5.91 Å². The SMILES string of the molecule is NC(=O)c1ccccc1NC(=O)C(=O)NCCCN1CCOCC1. The van der Waals surface area contributed by atoms with Crippen LogP contribution in [-0.4, -0.2) is 62.0 Å². The third kappa shape index (κ3) is 5.32. The number of nitrogens with one attached hydrogen (secondary N) is 2. The molecule has 0 spiro atoms. The molecule has 1 saturated heterocycles. The number of nitrogens with zero attached hydrogens (tertiary/aromatic N) is 1. The minimum absolute atomic E-state index is 0.158. The van der Waals surface area contributed by atoms with E-state index in [1.165, 1.54) is 12.1 Å². The van der Waals surface area contributed by atoms with Crippen LogP contribution in [0.2, 0.25) is 0 Å². The Morgan fingerprint density at radius 2 is 1.83 bits per heavy atom. The average molecular weight is 334 g/mol. The van der Waals surface area contributed by atoms with Crippen molar-refractivity contribution in [2.24, 2.45) is 5.73 Å². The summed E-state index contributed by atoms with van der Waals surface area (Å²) in [5, 5.41) is 4.97. The van der Waals surface area contributed by atoms with Gasteiger partial charge in [-0.1, -0.05) is 12.1 Å². The van der Waals surface area contributed by atoms with Crippen LogP contribution in [0, 0.1) is 0 Å². The van der Waals surface area contributed by atoms with Gasteiger partial charge in [0.05, 0.1) is 24.5 Å². The molecule has 3 amide bonds. The van der Waals surface area contributed by atoms with Crippen molar-refractivity contribution in [3.05, 3.63) is 29.8 Å². The number of primary amides is 1. The van der Waals surface area contributed by atoms with Gasteiger partial charge >= 0.3 is 11.8 Å². The van der Waals surface area contributed by atoms with Crippen molar-refractivity contribution in [3.8, 4) is 0 Å². The van der Waals surface area contributed by atoms with Crippen LogP contribution in [0.15, 0.2) is 24.3 Å². The lowest BCUT2D eigenvalue weighted by Gasteiger charge is -2.26. The molecule has 0 aromatic heterocycles. The first kappa shape index (κ1) is 17.9. The third-order valence-corrected chi connectivity index (χ3v) is 3.69. The second-order valence-electron chi connectivity index (χ2n) is 5.43. The van der Waals surface area contributed by atoms with Crippen molar-refractivity contribution in [1.82, 2.24) is 10.2 Å². The minimum atomic E-state index is -0.824. The highest BCUT2D eigenvalue weighted by Gasteiger charge is 2.16. The normalized spacial score (nSPS) is 14.8. The molecular weight excluding hydrogens is 312 g/mol. The maximum atomic E-state index is 11.9. The van der Waals surface area contributed by atoms with E-state index in [0.29, 0.717) is 6.54 Å². The van der Waals surface area contributed by atoms with E-state index in [2.05, 4.69) is 15.5 Å². The molecule has 1 heterocycles. The Balaban J connectivity index is 1.74. The molecule has 1 aromatic carbocycles. The highest BCUT2D eigenvalue weighted by Crippen LogP contribution is 2.13. The Kier molecular flexibility index (Phi) is 6.71. The molecule has 4 N–H and O–H groups in total. The predicted octanol–water partition coefficient (Wildman–Crippen LogP) is -0.437. The van der Waals surface area contributed by atoms with E-state index in [4.69, 9.17) is 10.5 Å². The topological polar surface area (TPSA) is 114 Å². The number of nitrogens with two attached hydrogens (primary N) is 1. The van der Waals surface area contributed by atoms with Crippen molar-refractivity contribution in [2.45, 2.75) is 6.42 Å². The molecule has 1 fully saturated rings. The molecule has 24 heavy (non-hydrogen) atoms. The number of amides is 3. The Bertz CT molecular complexity index is 599. The van der Waals surface area contributed by atoms with E-state index in [9.17, 15) is 14.4 Å². The zero-order valence-corrected chi connectivity index (χ0v) is 13.4. The average Bonchev–Trinajstić information content (AvgIpc) is 2.59. The standard InChI is InChI=1S/C16H22N4O4/c17-14(21)12-4-1-2-5-13(12)19-16(23)15(22)18-6-3-7-20-8-10-24-11-9-20/h1-2,4-5H,3,6-11H2,(H2,17,21)(H,18,22)(H,19,23). The van der Waals surface area contributed by atoms with Crippen LogP contribution in [0.3, 0.4) is 0 Å². The maximum absolute atomic E-state index is 11.9. The van der Waals surface area contributed by atoms with Gasteiger partial charge in [0.15, 0.2) is 0 Å². The molecule has 0 radical (unpaired) electrons. The first-order chi connectivity index (χ1) is 11.6. The molecule has 0 saturated carbocycles. The van der Waals surface area contributed by atoms with Gasteiger partial charge in [0.1, 0.15) is 0 Å². The van der Waals surface area contributed by atoms with Crippen LogP contribution in [0.1, 0.15) is 16.8 Å². The summed E-state index contributed by atoms with van der Waals surface area (Å²) in [7, 11) is 0. The lowest BCUT2D eigenvalue weighted by molar-refractivity contribution is -0.136. The number of hydrogen-bond acceptors (Lipinski definition) is 5. The highest BCUT2D eigenvalue weighted by molar-refractivity contribution is 6.40. The summed E-state index contributed by atoms with van der Waals surface area (Å²) in [6.45, 7) is 4.48. The second-order valence-corrected chi connectivity index (χ2v) is 5.43. The van der Waals surface area contributed by atoms with Crippen LogP contribution >= 0.6 is 0 Å². The molecule has 8 nitrogen and oxygen atoms in total. The highest BCUT2D eigenvalue weighted by atomic mass is 16.5. The number of hydrogen-bond donors (Lipinski definition) is 3. The first-order valence-electron chi connectivity index (χ1n) is 7.86. The maximum Gasteiger partial charge on any atom is 0.313 e. The van der Waals surface area contributed by atoms with Crippen LogP contribution in [0.5, 0.6) is 0 Å². The molecule has 8 heteroatoms. The van der Waals surface area contributed by atoms with Gasteiger partial charge in [-0.15, -0.1) is 0 Å². The van der Waals surface area contributed by atoms with Crippen LogP contribution < -0.4 is 16.4 Å². The number of para-hydroxylation sites is 1. The zero-order valence-electron chi connectivity index (χ0n) is 13.4. The van der Waals surface area contributed by atoms with E-state index in [0.717, 1.165) is 39.3 Å². The summed E-state index contributed by atoms with van der Waals surface area (Å²) in [6, 6.07) is 6.27. The number of anilines is 1. The fraction of sp³-hybridized carbons (Fsp3) is 0.438. The summed E-state index contributed by atoms with van der Waals surface area (Å²) in [6.07, 6.45) is 0.747. The monoisotopic (exact) mass is 334 g/mol. The van der Waals surface area contributed by atoms with E-state index in [1.807, 2.05) is 0 Å². The number of carbonyl (C=O) groups excluding carboxylic acids is 3. The van der Waals surface area contributed by atoms with E-state index in [-0.39, 0.29) is 11.3 Å². The Labute approximate surface area is 140 Å². The summed E-state index contributed by atoms with van der Waals surface area (Å²) >= 11 is 0. The molecule has 0 unspecified atom stereocenters. The summed E-state index contributed by atoms with van der Waals surface area (Å²) in [4.78, 5) is 37.2. The van der Waals surface area contributed by atoms with Gasteiger partial charge in [-0.3, -0.25) is 19.3 Å². The van der Waals surface area contributed by atoms with E-state index in [1.54, 1.807) is 12.1 Å². The second kappa shape index (κ2) is 8.99. The van der Waals surface area contributed by atoms with E-state index < -0.39 is 17.7 Å². The molecule has 1 aliphatic heterocycles. The number of ether oxygens (including phenoxy) is 1. The van der Waals surface area contributed by atoms with Gasteiger partial charge in [-0.25, -0.2) is 0 Å². The summed E-state index contributed by atoms with van der Waals surface area (Å²) in [5.74, 6) is -2.23. The Hall–Kier alpha value is -2.45. The molecule has 1 aliphatic rings. The Morgan fingerprint density at radius 1 is 1.12 bits per heavy atom. The van der Waals surface area contributed by atoms with Crippen molar-refractivity contribution in [3.63, 3.8) is 0 Å². The van der Waals surface area contributed by atoms with Gasteiger partial charge < -0.3 is 21.1 Å². The Morgan fingerprint density at radius 3 is 2.54 bits per heavy atom. The lowest BCUT2D eigenvalue weighted by atomic mass is 10.1. The van der Waals surface area contributed by atoms with Gasteiger partial charge in [0.2, 0.25) is 0 Å². The molecule has 0 bridgehead atoms. The van der Waals surface area contributed by atoms with Crippen molar-refractivity contribution >= 4 is 23.4 Å². The fourth-order valence-electron chi connectivity index (χ4n) is 2.40. The number of morpholine rings is 1. The minimum Gasteiger partial charge on any atom is -0.379 e. The van der Waals surface area contributed by atoms with Crippen molar-refractivity contribution < 1.29 is 19.1 Å². The number of rotatable bonds is 6. The van der Waals surface area contributed by atoms with Crippen molar-refractivity contribution in [2.75, 3.05) is 44.7 Å². The summed E-state index contributed by atoms with van der Waals surface area (Å²) in [5.41, 5.74) is 5.61. The van der Waals surface area contributed by atoms with Gasteiger partial charge in [0, 0.05) is 19.6 Å². The molecule has 0 aliphatic carbocycles. The number of carbonyl (C=O) groups is 3. The molecule has 2 rings (SSSR count). The first-order valence-corrected chi connectivity index (χ1v) is 7.86. The molecular formula is C16H22N4O4. The molecule has 1 aromatic rings. The molecule has 0 atom stereocenters. The fourth-order valence-corrected chi connectivity index (χ4v) is 2.40. The quantitative estimate of drug-likeness (QED) is 0.482. The lowest BCUT2D eigenvalue weighted by Crippen LogP contribution is -2.40. The van der Waals surface area contributed by atoms with Crippen molar-refractivity contribution in [1.29, 1.82) is 0 Å². The largest absolute Gasteiger partial charge is 0.379 e. The number of benzene rings is 1. The smallest absolute Gasteiger partial charge is 0.313 e. The van der Waals surface area contributed by atoms with E-state index >= 15 is 0 Å². The van der Waals surface area contributed by atoms with Crippen LogP contribution in [0.4, 0.5) is 5.69 Å². The predicted molar refractivity (Wildman–Crippen MR) is 88.5 cm³/mol. The molecule has 130 valence electrons.